The van der Waals surface area contributed by atoms with E-state index in [0.29, 0.717) is 0 Å². The van der Waals surface area contributed by atoms with E-state index < -0.39 is 24.6 Å². The summed E-state index contributed by atoms with van der Waals surface area (Å²) in [7, 11) is 0. The van der Waals surface area contributed by atoms with Crippen molar-refractivity contribution in [1.29, 1.82) is 0 Å². The van der Waals surface area contributed by atoms with Crippen molar-refractivity contribution in [3.05, 3.63) is 84.9 Å². The van der Waals surface area contributed by atoms with Gasteiger partial charge >= 0.3 is 137 Å². The van der Waals surface area contributed by atoms with Crippen LogP contribution in [0.3, 0.4) is 0 Å². The quantitative estimate of drug-likeness (QED) is 0.401. The van der Waals surface area contributed by atoms with E-state index in [1.54, 1.807) is 6.14 Å². The summed E-state index contributed by atoms with van der Waals surface area (Å²) in [4.78, 5) is 0. The Balaban J connectivity index is 1.71. The second-order valence-corrected chi connectivity index (χ2v) is 13.3. The maximum atomic E-state index is 2.39. The van der Waals surface area contributed by atoms with Crippen LogP contribution in [0.5, 0.6) is 0 Å². The maximum absolute atomic E-state index is 2.39. The van der Waals surface area contributed by atoms with Crippen molar-refractivity contribution in [2.24, 2.45) is 0 Å². The van der Waals surface area contributed by atoms with Gasteiger partial charge in [-0.2, -0.15) is 0 Å². The second kappa shape index (κ2) is 5.61. The average molecular weight is 455 g/mol. The zero-order valence-corrected chi connectivity index (χ0v) is 17.3. The number of fused-ring (bicyclic) bond motifs is 2. The van der Waals surface area contributed by atoms with Crippen LogP contribution in [0.1, 0.15) is 0 Å². The van der Waals surface area contributed by atoms with Gasteiger partial charge in [0, 0.05) is 0 Å². The Morgan fingerprint density at radius 2 is 0.857 bits per heavy atom. The van der Waals surface area contributed by atoms with Gasteiger partial charge in [-0.15, -0.1) is 0 Å². The van der Waals surface area contributed by atoms with Crippen molar-refractivity contribution in [2.75, 3.05) is 0 Å². The molecule has 0 nitrogen and oxygen atoms in total. The van der Waals surface area contributed by atoms with Crippen LogP contribution in [-0.4, -0.2) is 0 Å². The number of rotatable bonds is 2. The first-order valence-electron chi connectivity index (χ1n) is 7.34. The van der Waals surface area contributed by atoms with E-state index in [4.69, 9.17) is 0 Å². The Morgan fingerprint density at radius 1 is 0.429 bits per heavy atom. The molecule has 0 spiro atoms. The monoisotopic (exact) mass is 456 g/mol. The molecule has 0 unspecified atom stereocenters. The summed E-state index contributed by atoms with van der Waals surface area (Å²) in [6, 6.07) is 31.3. The van der Waals surface area contributed by atoms with Gasteiger partial charge in [0.05, 0.1) is 0 Å². The Kier molecular flexibility index (Phi) is 3.48. The van der Waals surface area contributed by atoms with E-state index in [2.05, 4.69) is 84.9 Å². The molecule has 0 aliphatic heterocycles. The van der Waals surface area contributed by atoms with Crippen LogP contribution in [0.4, 0.5) is 0 Å². The fourth-order valence-corrected chi connectivity index (χ4v) is 9.10. The molecule has 0 fully saturated rings. The third-order valence-electron chi connectivity index (χ3n) is 4.04. The zero-order chi connectivity index (χ0) is 14.1. The molecular weight excluding hydrogens is 441 g/mol. The number of benzene rings is 4. The molecule has 0 aliphatic rings. The topological polar surface area (TPSA) is 0 Å². The van der Waals surface area contributed by atoms with Gasteiger partial charge in [-0.25, -0.2) is 0 Å². The third kappa shape index (κ3) is 2.73. The Morgan fingerprint density at radius 3 is 1.33 bits per heavy atom. The minimum absolute atomic E-state index is 1.25. The molecular formula is C20H14Hg. The SMILES string of the molecule is c1ccc2c[c]([Hg][c]3ccc4ccccc4c3)ccc2c1. The zero-order valence-electron chi connectivity index (χ0n) is 11.8. The summed E-state index contributed by atoms with van der Waals surface area (Å²) >= 11 is -1.25. The molecule has 0 bridgehead atoms. The number of hydrogen-bond acceptors (Lipinski definition) is 0. The molecule has 21 heavy (non-hydrogen) atoms. The molecule has 0 N–H and O–H groups in total. The summed E-state index contributed by atoms with van der Waals surface area (Å²) in [5.41, 5.74) is 0. The average Bonchev–Trinajstić information content (AvgIpc) is 2.55. The van der Waals surface area contributed by atoms with E-state index in [-0.39, 0.29) is 0 Å². The predicted molar refractivity (Wildman–Crippen MR) is 87.2 cm³/mol. The van der Waals surface area contributed by atoms with Crippen molar-refractivity contribution >= 4 is 27.7 Å². The second-order valence-electron chi connectivity index (χ2n) is 5.54. The van der Waals surface area contributed by atoms with E-state index >= 15 is 0 Å². The van der Waals surface area contributed by atoms with Gasteiger partial charge in [-0.3, -0.25) is 0 Å². The molecule has 0 radical (unpaired) electrons. The van der Waals surface area contributed by atoms with Crippen LogP contribution in [0.15, 0.2) is 84.9 Å². The molecule has 4 aromatic rings. The summed E-state index contributed by atoms with van der Waals surface area (Å²) in [6.45, 7) is 0. The van der Waals surface area contributed by atoms with Gasteiger partial charge in [0.2, 0.25) is 0 Å². The van der Waals surface area contributed by atoms with Crippen molar-refractivity contribution in [3.63, 3.8) is 0 Å². The first-order valence-corrected chi connectivity index (χ1v) is 12.8. The Labute approximate surface area is 136 Å². The van der Waals surface area contributed by atoms with Crippen molar-refractivity contribution in [1.82, 2.24) is 0 Å². The van der Waals surface area contributed by atoms with Gasteiger partial charge in [0.15, 0.2) is 0 Å². The molecule has 0 saturated carbocycles. The Hall–Kier alpha value is -1.66. The fraction of sp³-hybridized carbons (Fsp3) is 0. The standard InChI is InChI=1S/2C10H7.Hg/c2*1-2-6-10-8-4-3-7-9(10)5-1;/h2*1-3,5-8H;. The van der Waals surface area contributed by atoms with Crippen LogP contribution >= 0.6 is 0 Å². The van der Waals surface area contributed by atoms with Crippen LogP contribution in [0.25, 0.3) is 21.5 Å². The first-order chi connectivity index (χ1) is 10.4. The molecule has 4 rings (SSSR count). The molecule has 0 aliphatic carbocycles. The van der Waals surface area contributed by atoms with Crippen LogP contribution in [-0.2, 0) is 24.6 Å². The molecule has 0 aromatic heterocycles. The first kappa shape index (κ1) is 13.0. The van der Waals surface area contributed by atoms with Gasteiger partial charge in [0.1, 0.15) is 0 Å². The molecule has 0 heterocycles. The summed E-state index contributed by atoms with van der Waals surface area (Å²) in [5, 5.41) is 5.42. The van der Waals surface area contributed by atoms with Gasteiger partial charge in [0.25, 0.3) is 0 Å². The van der Waals surface area contributed by atoms with E-state index in [1.165, 1.54) is 21.5 Å². The van der Waals surface area contributed by atoms with Gasteiger partial charge in [-0.05, 0) is 0 Å². The summed E-state index contributed by atoms with van der Waals surface area (Å²) < 4.78 is 3.17. The molecule has 1 heteroatoms. The molecule has 0 atom stereocenters. The molecule has 0 saturated heterocycles. The van der Waals surface area contributed by atoms with Gasteiger partial charge < -0.3 is 0 Å². The molecule has 96 valence electrons. The fourth-order valence-electron chi connectivity index (χ4n) is 2.93. The van der Waals surface area contributed by atoms with Gasteiger partial charge in [-0.1, -0.05) is 0 Å². The number of hydrogen-bond donors (Lipinski definition) is 0. The molecule has 0 amide bonds. The minimum atomic E-state index is -1.25. The normalized spacial score (nSPS) is 10.7. The van der Waals surface area contributed by atoms with E-state index in [9.17, 15) is 0 Å². The van der Waals surface area contributed by atoms with E-state index in [0.717, 1.165) is 0 Å². The molecule has 4 aromatic carbocycles. The van der Waals surface area contributed by atoms with Crippen molar-refractivity contribution in [2.45, 2.75) is 0 Å². The summed E-state index contributed by atoms with van der Waals surface area (Å²) in [5.74, 6) is 0. The third-order valence-corrected chi connectivity index (χ3v) is 10.6. The van der Waals surface area contributed by atoms with Crippen LogP contribution in [0, 0.1) is 0 Å². The summed E-state index contributed by atoms with van der Waals surface area (Å²) in [6.07, 6.45) is 0. The van der Waals surface area contributed by atoms with Crippen LogP contribution < -0.4 is 6.14 Å². The van der Waals surface area contributed by atoms with Crippen molar-refractivity contribution in [3.8, 4) is 0 Å². The van der Waals surface area contributed by atoms with E-state index in [1.807, 2.05) is 0 Å². The predicted octanol–water partition coefficient (Wildman–Crippen LogP) is 4.03. The van der Waals surface area contributed by atoms with Crippen LogP contribution in [0.2, 0.25) is 0 Å². The Bertz CT molecular complexity index is 847. The van der Waals surface area contributed by atoms with Crippen molar-refractivity contribution < 1.29 is 24.6 Å².